The summed E-state index contributed by atoms with van der Waals surface area (Å²) >= 11 is 0. The molecule has 6 atom stereocenters. The van der Waals surface area contributed by atoms with Gasteiger partial charge in [0.2, 0.25) is 17.8 Å². The second-order valence-electron chi connectivity index (χ2n) is 16.2. The largest absolute Gasteiger partial charge is 0.508 e. The molecule has 5 aromatic rings. The van der Waals surface area contributed by atoms with Gasteiger partial charge in [0.05, 0.1) is 18.0 Å². The normalized spacial score (nSPS) is 26.0. The topological polar surface area (TPSA) is 128 Å². The number of ether oxygens (including phenoxy) is 1. The zero-order valence-corrected chi connectivity index (χ0v) is 33.0. The van der Waals surface area contributed by atoms with E-state index >= 15 is 14.4 Å². The summed E-state index contributed by atoms with van der Waals surface area (Å²) in [5.74, 6) is 4.92. The molecule has 5 aliphatic rings. The fourth-order valence-electron chi connectivity index (χ4n) is 10.2. The van der Waals surface area contributed by atoms with Crippen LogP contribution in [0.1, 0.15) is 71.7 Å². The highest BCUT2D eigenvalue weighted by molar-refractivity contribution is 6.12. The van der Waals surface area contributed by atoms with Crippen molar-refractivity contribution in [1.29, 1.82) is 0 Å². The first-order valence-electron chi connectivity index (χ1n) is 20.8. The first-order chi connectivity index (χ1) is 29.4. The average Bonchev–Trinajstić information content (AvgIpc) is 3.78. The first-order valence-corrected chi connectivity index (χ1v) is 20.8. The summed E-state index contributed by atoms with van der Waals surface area (Å²) in [5, 5.41) is 13.8. The molecule has 2 N–H and O–H groups in total. The van der Waals surface area contributed by atoms with Crippen LogP contribution in [0.4, 0.5) is 11.6 Å². The number of aromatic hydroxyl groups is 1. The van der Waals surface area contributed by atoms with Crippen molar-refractivity contribution in [2.24, 2.45) is 5.92 Å². The highest BCUT2D eigenvalue weighted by Crippen LogP contribution is 2.65. The average molecular weight is 797 g/mol. The molecular weight excluding hydrogens is 753 g/mol. The van der Waals surface area contributed by atoms with Gasteiger partial charge in [0.1, 0.15) is 23.3 Å². The minimum Gasteiger partial charge on any atom is -0.508 e. The van der Waals surface area contributed by atoms with Crippen LogP contribution >= 0.6 is 0 Å². The lowest BCUT2D eigenvalue weighted by Gasteiger charge is -2.46. The maximum Gasteiger partial charge on any atom is 0.324 e. The van der Waals surface area contributed by atoms with Gasteiger partial charge in [-0.15, -0.1) is 0 Å². The van der Waals surface area contributed by atoms with E-state index in [-0.39, 0.29) is 17.6 Å². The molecule has 60 heavy (non-hydrogen) atoms. The molecule has 4 aromatic carbocycles. The van der Waals surface area contributed by atoms with E-state index in [1.165, 1.54) is 0 Å². The van der Waals surface area contributed by atoms with E-state index in [4.69, 9.17) is 4.74 Å². The van der Waals surface area contributed by atoms with Gasteiger partial charge >= 0.3 is 5.97 Å². The number of amides is 2. The lowest BCUT2D eigenvalue weighted by molar-refractivity contribution is -0.179. The van der Waals surface area contributed by atoms with Crippen molar-refractivity contribution >= 4 is 29.4 Å². The highest BCUT2D eigenvalue weighted by Gasteiger charge is 2.74. The number of phenols is 1. The molecule has 0 bridgehead atoms. The number of morpholine rings is 1. The molecule has 1 aliphatic carbocycles. The fraction of sp³-hybridized carbons (Fsp3) is 0.286. The minimum atomic E-state index is -1.63. The molecule has 0 radical (unpaired) electrons. The lowest BCUT2D eigenvalue weighted by atomic mass is 9.65. The van der Waals surface area contributed by atoms with Crippen LogP contribution in [0.3, 0.4) is 0 Å². The van der Waals surface area contributed by atoms with Crippen LogP contribution in [0.15, 0.2) is 133 Å². The van der Waals surface area contributed by atoms with Crippen molar-refractivity contribution in [2.45, 2.75) is 55.3 Å². The molecule has 0 saturated carbocycles. The van der Waals surface area contributed by atoms with Gasteiger partial charge in [-0.25, -0.2) is 9.97 Å². The van der Waals surface area contributed by atoms with E-state index in [0.29, 0.717) is 54.5 Å². The Morgan fingerprint density at radius 3 is 2.20 bits per heavy atom. The second-order valence-corrected chi connectivity index (χ2v) is 16.2. The van der Waals surface area contributed by atoms with Crippen LogP contribution < -0.4 is 10.2 Å². The predicted octanol–water partition coefficient (Wildman–Crippen LogP) is 6.65. The molecule has 10 rings (SSSR count). The Balaban J connectivity index is 1.19. The summed E-state index contributed by atoms with van der Waals surface area (Å²) < 4.78 is 6.58. The van der Waals surface area contributed by atoms with Crippen LogP contribution in [0.2, 0.25) is 0 Å². The number of allylic oxidation sites excluding steroid dienone is 2. The number of benzene rings is 4. The fourth-order valence-corrected chi connectivity index (χ4v) is 10.2. The van der Waals surface area contributed by atoms with E-state index in [0.717, 1.165) is 42.4 Å². The van der Waals surface area contributed by atoms with Crippen molar-refractivity contribution in [3.8, 4) is 17.6 Å². The Morgan fingerprint density at radius 1 is 0.783 bits per heavy atom. The molecular formula is C49H44N6O5. The van der Waals surface area contributed by atoms with E-state index in [1.54, 1.807) is 47.6 Å². The third-order valence-corrected chi connectivity index (χ3v) is 12.9. The number of nitrogens with one attached hydrogen (secondary N) is 1. The monoisotopic (exact) mass is 796 g/mol. The molecule has 11 nitrogen and oxygen atoms in total. The number of hydrogen-bond donors (Lipinski definition) is 2. The number of carbonyl (C=O) groups excluding carboxylic acids is 3. The summed E-state index contributed by atoms with van der Waals surface area (Å²) in [5.41, 5.74) is 3.68. The van der Waals surface area contributed by atoms with Gasteiger partial charge in [0, 0.05) is 49.8 Å². The van der Waals surface area contributed by atoms with Gasteiger partial charge in [-0.2, -0.15) is 0 Å². The molecule has 3 saturated heterocycles. The zero-order chi connectivity index (χ0) is 40.8. The van der Waals surface area contributed by atoms with Crippen molar-refractivity contribution in [3.05, 3.63) is 161 Å². The molecule has 300 valence electrons. The van der Waals surface area contributed by atoms with Crippen molar-refractivity contribution in [3.63, 3.8) is 0 Å². The highest BCUT2D eigenvalue weighted by atomic mass is 16.6. The number of nitrogens with zero attached hydrogens (tertiary/aromatic N) is 5. The van der Waals surface area contributed by atoms with Crippen molar-refractivity contribution in [1.82, 2.24) is 19.8 Å². The first kappa shape index (κ1) is 37.5. The standard InChI is InChI=1S/C49H44N6O5/c56-37-22-20-36(21-23-37)44-49(38-31-33(19-24-39(38)52-47(49)59)18-17-32-11-4-1-5-12-32)40(45(57)53-27-29-54(30-28-53)48-50-25-10-26-51-48)42-46(58)60-43(35-15-8-3-9-16-35)41(55(42)44)34-13-6-2-7-14-34/h2-3,6-11,13-16,19-26,31,40-44,56H,1,4-5,12,27-30H2,(H,52,59). The second kappa shape index (κ2) is 15.4. The van der Waals surface area contributed by atoms with Crippen LogP contribution in [0, 0.1) is 17.8 Å². The SMILES string of the molecule is O=C1OC(c2ccccc2)C(c2ccccc2)N2C1C(C(=O)N1CCN(c3ncccn3)CC1)C1(C(=O)Nc3ccc(C#CC4=CCCCC4)cc31)C2c1ccc(O)cc1. The van der Waals surface area contributed by atoms with Gasteiger partial charge in [0.25, 0.3) is 0 Å². The number of carbonyl (C=O) groups is 3. The van der Waals surface area contributed by atoms with Crippen molar-refractivity contribution < 1.29 is 24.2 Å². The number of hydrogen-bond acceptors (Lipinski definition) is 9. The lowest BCUT2D eigenvalue weighted by Crippen LogP contribution is -2.58. The molecule has 1 spiro atoms. The number of aromatic nitrogens is 2. The van der Waals surface area contributed by atoms with Crippen LogP contribution in [-0.4, -0.2) is 74.9 Å². The Bertz CT molecular complexity index is 2530. The summed E-state index contributed by atoms with van der Waals surface area (Å²) in [6, 6.07) is 31.1. The van der Waals surface area contributed by atoms with Gasteiger partial charge in [-0.3, -0.25) is 19.3 Å². The number of rotatable bonds is 5. The van der Waals surface area contributed by atoms with Gasteiger partial charge in [0.15, 0.2) is 0 Å². The van der Waals surface area contributed by atoms with E-state index < -0.39 is 41.5 Å². The summed E-state index contributed by atoms with van der Waals surface area (Å²) in [6.07, 6.45) is 8.98. The number of cyclic esters (lactones) is 1. The molecule has 6 unspecified atom stereocenters. The number of piperazine rings is 1. The Kier molecular flexibility index (Phi) is 9.65. The third-order valence-electron chi connectivity index (χ3n) is 12.9. The van der Waals surface area contributed by atoms with Crippen molar-refractivity contribution in [2.75, 3.05) is 36.4 Å². The van der Waals surface area contributed by atoms with Crippen LogP contribution in [-0.2, 0) is 24.5 Å². The van der Waals surface area contributed by atoms with Crippen LogP contribution in [0.5, 0.6) is 5.75 Å². The number of esters is 1. The summed E-state index contributed by atoms with van der Waals surface area (Å²) in [7, 11) is 0. The summed E-state index contributed by atoms with van der Waals surface area (Å²) in [6.45, 7) is 1.60. The molecule has 1 aromatic heterocycles. The molecule has 3 fully saturated rings. The van der Waals surface area contributed by atoms with Crippen LogP contribution in [0.25, 0.3) is 0 Å². The van der Waals surface area contributed by atoms with Gasteiger partial charge in [-0.05, 0) is 89.9 Å². The van der Waals surface area contributed by atoms with Gasteiger partial charge < -0.3 is 25.0 Å². The summed E-state index contributed by atoms with van der Waals surface area (Å²) in [4.78, 5) is 61.2. The smallest absolute Gasteiger partial charge is 0.324 e. The quantitative estimate of drug-likeness (QED) is 0.148. The number of anilines is 2. The predicted molar refractivity (Wildman–Crippen MR) is 225 cm³/mol. The number of phenolic OH excluding ortho intramolecular Hbond substituents is 1. The Labute approximate surface area is 348 Å². The van der Waals surface area contributed by atoms with E-state index in [1.807, 2.05) is 83.8 Å². The van der Waals surface area contributed by atoms with E-state index in [9.17, 15) is 5.11 Å². The minimum absolute atomic E-state index is 0.0564. The Morgan fingerprint density at radius 2 is 1.50 bits per heavy atom. The maximum atomic E-state index is 15.8. The number of fused-ring (bicyclic) bond motifs is 3. The third kappa shape index (κ3) is 6.30. The Hall–Kier alpha value is -6.77. The molecule has 5 heterocycles. The maximum absolute atomic E-state index is 15.8. The van der Waals surface area contributed by atoms with Gasteiger partial charge in [-0.1, -0.05) is 90.7 Å². The zero-order valence-electron chi connectivity index (χ0n) is 33.0. The molecule has 4 aliphatic heterocycles. The molecule has 11 heteroatoms. The molecule has 2 amide bonds. The van der Waals surface area contributed by atoms with E-state index in [2.05, 4.69) is 38.1 Å².